The first kappa shape index (κ1) is 11.5. The molecular formula is C13H14N2O2. The fraction of sp³-hybridized carbons (Fsp3) is 0.308. The molecule has 4 nitrogen and oxygen atoms in total. The van der Waals surface area contributed by atoms with Crippen LogP contribution in [0.15, 0.2) is 18.2 Å². The Morgan fingerprint density at radius 2 is 2.35 bits per heavy atom. The number of benzene rings is 1. The van der Waals surface area contributed by atoms with E-state index in [-0.39, 0.29) is 6.61 Å². The van der Waals surface area contributed by atoms with Gasteiger partial charge in [0.05, 0.1) is 24.2 Å². The summed E-state index contributed by atoms with van der Waals surface area (Å²) in [5.41, 5.74) is 1.70. The molecular weight excluding hydrogens is 216 g/mol. The molecule has 0 aliphatic rings. The molecule has 0 fully saturated rings. The van der Waals surface area contributed by atoms with Crippen molar-refractivity contribution in [3.05, 3.63) is 24.0 Å². The molecule has 0 aliphatic carbocycles. The first-order valence-corrected chi connectivity index (χ1v) is 5.46. The molecule has 0 saturated heterocycles. The van der Waals surface area contributed by atoms with E-state index in [0.29, 0.717) is 19.0 Å². The second kappa shape index (κ2) is 4.89. The molecule has 0 atom stereocenters. The Kier molecular flexibility index (Phi) is 3.31. The van der Waals surface area contributed by atoms with Gasteiger partial charge >= 0.3 is 0 Å². The van der Waals surface area contributed by atoms with E-state index >= 15 is 0 Å². The number of aliphatic hydroxyl groups excluding tert-OH is 1. The van der Waals surface area contributed by atoms with Crippen molar-refractivity contribution in [2.75, 3.05) is 6.61 Å². The van der Waals surface area contributed by atoms with Gasteiger partial charge in [-0.05, 0) is 19.1 Å². The highest BCUT2D eigenvalue weighted by atomic mass is 16.5. The van der Waals surface area contributed by atoms with Crippen molar-refractivity contribution in [3.63, 3.8) is 0 Å². The van der Waals surface area contributed by atoms with E-state index in [1.807, 2.05) is 29.7 Å². The third kappa shape index (κ3) is 2.10. The SMILES string of the molecule is C#CCn1c(CO)nc2cc(OCC)ccc21. The summed E-state index contributed by atoms with van der Waals surface area (Å²) in [6.45, 7) is 2.82. The molecule has 0 saturated carbocycles. The van der Waals surface area contributed by atoms with E-state index in [1.165, 1.54) is 0 Å². The van der Waals surface area contributed by atoms with Gasteiger partial charge in [-0.1, -0.05) is 5.92 Å². The third-order valence-corrected chi connectivity index (χ3v) is 2.50. The monoisotopic (exact) mass is 230 g/mol. The van der Waals surface area contributed by atoms with Crippen LogP contribution in [0.1, 0.15) is 12.7 Å². The van der Waals surface area contributed by atoms with Crippen LogP contribution < -0.4 is 4.74 Å². The molecule has 17 heavy (non-hydrogen) atoms. The molecule has 1 N–H and O–H groups in total. The lowest BCUT2D eigenvalue weighted by Crippen LogP contribution is -2.02. The number of fused-ring (bicyclic) bond motifs is 1. The molecule has 0 radical (unpaired) electrons. The number of aliphatic hydroxyl groups is 1. The maximum Gasteiger partial charge on any atom is 0.136 e. The summed E-state index contributed by atoms with van der Waals surface area (Å²) in [5.74, 6) is 3.91. The minimum atomic E-state index is -0.125. The molecule has 0 bridgehead atoms. The van der Waals surface area contributed by atoms with E-state index in [2.05, 4.69) is 10.9 Å². The summed E-state index contributed by atoms with van der Waals surface area (Å²) < 4.78 is 7.23. The van der Waals surface area contributed by atoms with Crippen LogP contribution in [0.3, 0.4) is 0 Å². The van der Waals surface area contributed by atoms with E-state index < -0.39 is 0 Å². The van der Waals surface area contributed by atoms with Crippen LogP contribution in [-0.4, -0.2) is 21.3 Å². The van der Waals surface area contributed by atoms with Crippen LogP contribution in [0.25, 0.3) is 11.0 Å². The Bertz CT molecular complexity index is 567. The second-order valence-corrected chi connectivity index (χ2v) is 3.56. The van der Waals surface area contributed by atoms with Crippen molar-refractivity contribution < 1.29 is 9.84 Å². The van der Waals surface area contributed by atoms with Gasteiger partial charge in [0.15, 0.2) is 0 Å². The molecule has 0 aliphatic heterocycles. The number of nitrogens with zero attached hydrogens (tertiary/aromatic N) is 2. The molecule has 0 amide bonds. The maximum absolute atomic E-state index is 9.24. The first-order valence-electron chi connectivity index (χ1n) is 5.46. The quantitative estimate of drug-likeness (QED) is 0.811. The predicted molar refractivity (Wildman–Crippen MR) is 65.7 cm³/mol. The van der Waals surface area contributed by atoms with Gasteiger partial charge in [-0.3, -0.25) is 0 Å². The van der Waals surface area contributed by atoms with E-state index in [0.717, 1.165) is 16.8 Å². The maximum atomic E-state index is 9.24. The molecule has 1 aromatic carbocycles. The van der Waals surface area contributed by atoms with Crippen LogP contribution in [0, 0.1) is 12.3 Å². The van der Waals surface area contributed by atoms with Crippen molar-refractivity contribution in [2.45, 2.75) is 20.1 Å². The number of rotatable bonds is 4. The molecule has 1 aromatic heterocycles. The Morgan fingerprint density at radius 1 is 1.53 bits per heavy atom. The summed E-state index contributed by atoms with van der Waals surface area (Å²) in [6.07, 6.45) is 5.31. The number of imidazole rings is 1. The smallest absolute Gasteiger partial charge is 0.136 e. The Balaban J connectivity index is 2.54. The third-order valence-electron chi connectivity index (χ3n) is 2.50. The number of ether oxygens (including phenoxy) is 1. The van der Waals surface area contributed by atoms with Gasteiger partial charge in [0.1, 0.15) is 18.2 Å². The Labute approximate surface area is 99.8 Å². The van der Waals surface area contributed by atoms with Crippen molar-refractivity contribution in [3.8, 4) is 18.1 Å². The zero-order valence-corrected chi connectivity index (χ0v) is 9.68. The molecule has 0 spiro atoms. The largest absolute Gasteiger partial charge is 0.494 e. The van der Waals surface area contributed by atoms with Gasteiger partial charge in [0, 0.05) is 6.07 Å². The van der Waals surface area contributed by atoms with Crippen LogP contribution in [0.2, 0.25) is 0 Å². The van der Waals surface area contributed by atoms with E-state index in [4.69, 9.17) is 11.2 Å². The number of hydrogen-bond donors (Lipinski definition) is 1. The average molecular weight is 230 g/mol. The summed E-state index contributed by atoms with van der Waals surface area (Å²) in [6, 6.07) is 5.64. The first-order chi connectivity index (χ1) is 8.30. The summed E-state index contributed by atoms with van der Waals surface area (Å²) in [7, 11) is 0. The number of aromatic nitrogens is 2. The summed E-state index contributed by atoms with van der Waals surface area (Å²) in [5, 5.41) is 9.24. The molecule has 88 valence electrons. The summed E-state index contributed by atoms with van der Waals surface area (Å²) >= 11 is 0. The minimum Gasteiger partial charge on any atom is -0.494 e. The van der Waals surface area contributed by atoms with Crippen molar-refractivity contribution >= 4 is 11.0 Å². The Hall–Kier alpha value is -1.99. The molecule has 2 rings (SSSR count). The van der Waals surface area contributed by atoms with Crippen molar-refractivity contribution in [1.82, 2.24) is 9.55 Å². The fourth-order valence-corrected chi connectivity index (χ4v) is 1.80. The van der Waals surface area contributed by atoms with E-state index in [1.54, 1.807) is 0 Å². The zero-order chi connectivity index (χ0) is 12.3. The average Bonchev–Trinajstić information content (AvgIpc) is 2.68. The highest BCUT2D eigenvalue weighted by molar-refractivity contribution is 5.78. The van der Waals surface area contributed by atoms with E-state index in [9.17, 15) is 5.11 Å². The van der Waals surface area contributed by atoms with Crippen LogP contribution in [0.5, 0.6) is 5.75 Å². The van der Waals surface area contributed by atoms with Gasteiger partial charge in [-0.2, -0.15) is 0 Å². The van der Waals surface area contributed by atoms with Crippen molar-refractivity contribution in [2.24, 2.45) is 0 Å². The van der Waals surface area contributed by atoms with Gasteiger partial charge in [-0.15, -0.1) is 6.42 Å². The molecule has 4 heteroatoms. The Morgan fingerprint density at radius 3 is 3.00 bits per heavy atom. The van der Waals surface area contributed by atoms with Crippen LogP contribution in [-0.2, 0) is 13.2 Å². The highest BCUT2D eigenvalue weighted by Gasteiger charge is 2.09. The summed E-state index contributed by atoms with van der Waals surface area (Å²) in [4.78, 5) is 4.33. The van der Waals surface area contributed by atoms with Crippen LogP contribution >= 0.6 is 0 Å². The van der Waals surface area contributed by atoms with Gasteiger partial charge in [-0.25, -0.2) is 4.98 Å². The van der Waals surface area contributed by atoms with Gasteiger partial charge in [0.25, 0.3) is 0 Å². The predicted octanol–water partition coefficient (Wildman–Crippen LogP) is 1.56. The van der Waals surface area contributed by atoms with Gasteiger partial charge in [0.2, 0.25) is 0 Å². The number of hydrogen-bond acceptors (Lipinski definition) is 3. The highest BCUT2D eigenvalue weighted by Crippen LogP contribution is 2.22. The molecule has 2 aromatic rings. The normalized spacial score (nSPS) is 10.4. The topological polar surface area (TPSA) is 47.3 Å². The molecule has 0 unspecified atom stereocenters. The lowest BCUT2D eigenvalue weighted by atomic mass is 10.3. The fourth-order valence-electron chi connectivity index (χ4n) is 1.80. The zero-order valence-electron chi connectivity index (χ0n) is 9.68. The minimum absolute atomic E-state index is 0.125. The van der Waals surface area contributed by atoms with Gasteiger partial charge < -0.3 is 14.4 Å². The number of terminal acetylenes is 1. The standard InChI is InChI=1S/C13H14N2O2/c1-3-7-15-12-6-5-10(17-4-2)8-11(12)14-13(15)9-16/h1,5-6,8,16H,4,7,9H2,2H3. The lowest BCUT2D eigenvalue weighted by Gasteiger charge is -2.04. The molecule has 1 heterocycles. The van der Waals surface area contributed by atoms with Crippen LogP contribution in [0.4, 0.5) is 0 Å². The lowest BCUT2D eigenvalue weighted by molar-refractivity contribution is 0.267. The second-order valence-electron chi connectivity index (χ2n) is 3.56. The van der Waals surface area contributed by atoms with Crippen molar-refractivity contribution in [1.29, 1.82) is 0 Å².